The van der Waals surface area contributed by atoms with Crippen LogP contribution in [0, 0.1) is 11.7 Å². The van der Waals surface area contributed by atoms with Crippen LogP contribution in [0.5, 0.6) is 0 Å². The fraction of sp³-hybridized carbons (Fsp3) is 0.700. The van der Waals surface area contributed by atoms with E-state index in [2.05, 4.69) is 23.6 Å². The lowest BCUT2D eigenvalue weighted by molar-refractivity contribution is -0.0766. The van der Waals surface area contributed by atoms with Crippen LogP contribution < -0.4 is 0 Å². The van der Waals surface area contributed by atoms with Gasteiger partial charge in [0, 0.05) is 38.3 Å². The summed E-state index contributed by atoms with van der Waals surface area (Å²) >= 11 is 0. The van der Waals surface area contributed by atoms with Crippen LogP contribution in [0.2, 0.25) is 0 Å². The van der Waals surface area contributed by atoms with Gasteiger partial charge in [-0.05, 0) is 58.2 Å². The number of hydrogen-bond acceptors (Lipinski definition) is 3. The molecule has 0 bridgehead atoms. The monoisotopic (exact) mass is 334 g/mol. The summed E-state index contributed by atoms with van der Waals surface area (Å²) in [6.45, 7) is 11.5. The van der Waals surface area contributed by atoms with Gasteiger partial charge in [-0.1, -0.05) is 18.2 Å². The quantitative estimate of drug-likeness (QED) is 0.838. The van der Waals surface area contributed by atoms with Gasteiger partial charge >= 0.3 is 0 Å². The topological polar surface area (TPSA) is 15.7 Å². The third-order valence-corrected chi connectivity index (χ3v) is 5.35. The minimum Gasteiger partial charge on any atom is -0.376 e. The number of halogens is 1. The van der Waals surface area contributed by atoms with Crippen molar-refractivity contribution in [3.05, 3.63) is 35.6 Å². The molecule has 134 valence electrons. The zero-order chi connectivity index (χ0) is 17.0. The maximum Gasteiger partial charge on any atom is 0.127 e. The van der Waals surface area contributed by atoms with Crippen molar-refractivity contribution in [2.24, 2.45) is 5.92 Å². The molecular formula is C20H31FN2O. The van der Waals surface area contributed by atoms with Crippen molar-refractivity contribution in [1.29, 1.82) is 0 Å². The van der Waals surface area contributed by atoms with Crippen molar-refractivity contribution < 1.29 is 9.13 Å². The highest BCUT2D eigenvalue weighted by Crippen LogP contribution is 2.29. The first-order valence-corrected chi connectivity index (χ1v) is 9.34. The Morgan fingerprint density at radius 3 is 2.67 bits per heavy atom. The van der Waals surface area contributed by atoms with E-state index in [4.69, 9.17) is 4.74 Å². The van der Waals surface area contributed by atoms with Crippen molar-refractivity contribution in [2.45, 2.75) is 45.3 Å². The van der Waals surface area contributed by atoms with Gasteiger partial charge in [-0.15, -0.1) is 0 Å². The molecule has 1 aromatic rings. The molecule has 2 fully saturated rings. The normalized spacial score (nSPS) is 26.2. The Hall–Kier alpha value is -0.970. The van der Waals surface area contributed by atoms with Crippen LogP contribution in [0.3, 0.4) is 0 Å². The Bertz CT molecular complexity index is 534. The molecule has 0 saturated carbocycles. The highest BCUT2D eigenvalue weighted by atomic mass is 19.1. The van der Waals surface area contributed by atoms with Gasteiger partial charge in [0.15, 0.2) is 0 Å². The van der Waals surface area contributed by atoms with Gasteiger partial charge < -0.3 is 9.64 Å². The molecule has 0 N–H and O–H groups in total. The van der Waals surface area contributed by atoms with Crippen molar-refractivity contribution in [3.63, 3.8) is 0 Å². The molecule has 24 heavy (non-hydrogen) atoms. The van der Waals surface area contributed by atoms with E-state index in [0.717, 1.165) is 57.2 Å². The number of hydrogen-bond donors (Lipinski definition) is 0. The third kappa shape index (κ3) is 5.01. The summed E-state index contributed by atoms with van der Waals surface area (Å²) in [5.41, 5.74) is 0.850. The SMILES string of the molecule is CC1(C)C[C@@H](CN2CCCN(Cc3ccccc3F)CC2)CCO1. The third-order valence-electron chi connectivity index (χ3n) is 5.35. The number of rotatable bonds is 4. The lowest BCUT2D eigenvalue weighted by Gasteiger charge is -2.37. The van der Waals surface area contributed by atoms with Crippen LogP contribution in [0.1, 0.15) is 38.7 Å². The molecule has 2 heterocycles. The number of nitrogens with zero attached hydrogens (tertiary/aromatic N) is 2. The highest BCUT2D eigenvalue weighted by molar-refractivity contribution is 5.17. The number of benzene rings is 1. The Morgan fingerprint density at radius 2 is 1.88 bits per heavy atom. The molecule has 1 atom stereocenters. The first kappa shape index (κ1) is 17.8. The summed E-state index contributed by atoms with van der Waals surface area (Å²) in [6, 6.07) is 7.16. The zero-order valence-corrected chi connectivity index (χ0v) is 15.1. The standard InChI is InChI=1S/C20H31FN2O/c1-20(2)14-17(8-13-24-20)15-22-9-5-10-23(12-11-22)16-18-6-3-4-7-19(18)21/h3-4,6-7,17H,5,8-16H2,1-2H3/t17-/m0/s1. The lowest BCUT2D eigenvalue weighted by Crippen LogP contribution is -2.40. The summed E-state index contributed by atoms with van der Waals surface area (Å²) in [5.74, 6) is 0.662. The molecule has 0 amide bonds. The predicted octanol–water partition coefficient (Wildman–Crippen LogP) is 3.54. The molecule has 3 rings (SSSR count). The Morgan fingerprint density at radius 1 is 1.12 bits per heavy atom. The van der Waals surface area contributed by atoms with Gasteiger partial charge in [0.05, 0.1) is 5.60 Å². The predicted molar refractivity (Wildman–Crippen MR) is 95.5 cm³/mol. The van der Waals surface area contributed by atoms with Crippen LogP contribution in [0.4, 0.5) is 4.39 Å². The molecule has 0 unspecified atom stereocenters. The van der Waals surface area contributed by atoms with Crippen molar-refractivity contribution in [3.8, 4) is 0 Å². The molecule has 0 spiro atoms. The van der Waals surface area contributed by atoms with Crippen LogP contribution in [-0.2, 0) is 11.3 Å². The van der Waals surface area contributed by atoms with E-state index in [-0.39, 0.29) is 11.4 Å². The molecule has 2 saturated heterocycles. The molecule has 3 nitrogen and oxygen atoms in total. The van der Waals surface area contributed by atoms with Crippen LogP contribution in [0.15, 0.2) is 24.3 Å². The Balaban J connectivity index is 1.49. The van der Waals surface area contributed by atoms with Gasteiger partial charge in [0.25, 0.3) is 0 Å². The maximum absolute atomic E-state index is 13.9. The van der Waals surface area contributed by atoms with E-state index < -0.39 is 0 Å². The van der Waals surface area contributed by atoms with Crippen LogP contribution in [-0.4, -0.2) is 54.7 Å². The Labute approximate surface area is 145 Å². The maximum atomic E-state index is 13.9. The molecule has 4 heteroatoms. The average Bonchev–Trinajstić information content (AvgIpc) is 2.74. The molecule has 0 radical (unpaired) electrons. The lowest BCUT2D eigenvalue weighted by atomic mass is 9.88. The summed E-state index contributed by atoms with van der Waals surface area (Å²) in [5, 5.41) is 0. The summed E-state index contributed by atoms with van der Waals surface area (Å²) in [6.07, 6.45) is 3.50. The van der Waals surface area contributed by atoms with Crippen molar-refractivity contribution in [2.75, 3.05) is 39.3 Å². The number of ether oxygens (including phenoxy) is 1. The average molecular weight is 334 g/mol. The van der Waals surface area contributed by atoms with Crippen LogP contribution >= 0.6 is 0 Å². The molecule has 2 aliphatic heterocycles. The van der Waals surface area contributed by atoms with E-state index in [1.807, 2.05) is 12.1 Å². The molecule has 1 aromatic carbocycles. The molecular weight excluding hydrogens is 303 g/mol. The second-order valence-electron chi connectivity index (χ2n) is 7.99. The summed E-state index contributed by atoms with van der Waals surface area (Å²) < 4.78 is 19.7. The van der Waals surface area contributed by atoms with E-state index in [1.165, 1.54) is 19.4 Å². The molecule has 0 aliphatic carbocycles. The van der Waals surface area contributed by atoms with Gasteiger partial charge in [-0.3, -0.25) is 4.90 Å². The molecule has 2 aliphatic rings. The van der Waals surface area contributed by atoms with E-state index in [0.29, 0.717) is 0 Å². The first-order chi connectivity index (χ1) is 11.5. The first-order valence-electron chi connectivity index (χ1n) is 9.34. The van der Waals surface area contributed by atoms with Crippen molar-refractivity contribution >= 4 is 0 Å². The fourth-order valence-electron chi connectivity index (χ4n) is 4.11. The minimum absolute atomic E-state index is 0.0334. The fourth-order valence-corrected chi connectivity index (χ4v) is 4.11. The second-order valence-corrected chi connectivity index (χ2v) is 7.99. The van der Waals surface area contributed by atoms with Gasteiger partial charge in [-0.2, -0.15) is 0 Å². The van der Waals surface area contributed by atoms with Gasteiger partial charge in [0.1, 0.15) is 5.82 Å². The van der Waals surface area contributed by atoms with E-state index in [9.17, 15) is 4.39 Å². The zero-order valence-electron chi connectivity index (χ0n) is 15.1. The van der Waals surface area contributed by atoms with Gasteiger partial charge in [-0.25, -0.2) is 4.39 Å². The van der Waals surface area contributed by atoms with Gasteiger partial charge in [0.2, 0.25) is 0 Å². The summed E-state index contributed by atoms with van der Waals surface area (Å²) in [4.78, 5) is 5.00. The summed E-state index contributed by atoms with van der Waals surface area (Å²) in [7, 11) is 0. The largest absolute Gasteiger partial charge is 0.376 e. The smallest absolute Gasteiger partial charge is 0.127 e. The molecule has 0 aromatic heterocycles. The van der Waals surface area contributed by atoms with E-state index in [1.54, 1.807) is 12.1 Å². The van der Waals surface area contributed by atoms with Crippen molar-refractivity contribution in [1.82, 2.24) is 9.80 Å². The second kappa shape index (κ2) is 7.94. The minimum atomic E-state index is -0.0805. The van der Waals surface area contributed by atoms with E-state index >= 15 is 0 Å². The van der Waals surface area contributed by atoms with Crippen LogP contribution in [0.25, 0.3) is 0 Å². The Kier molecular flexibility index (Phi) is 5.90. The highest BCUT2D eigenvalue weighted by Gasteiger charge is 2.30.